The van der Waals surface area contributed by atoms with Gasteiger partial charge in [0.05, 0.1) is 12.2 Å². The fraction of sp³-hybridized carbons (Fsp3) is 0.429. The van der Waals surface area contributed by atoms with Crippen LogP contribution in [0.1, 0.15) is 36.1 Å². The van der Waals surface area contributed by atoms with Gasteiger partial charge in [-0.2, -0.15) is 5.10 Å². The van der Waals surface area contributed by atoms with Crippen LogP contribution in [0.4, 0.5) is 0 Å². The molecule has 0 amide bonds. The molecule has 2 rings (SSSR count). The maximum atomic E-state index is 4.28. The first-order chi connectivity index (χ1) is 8.70. The smallest absolute Gasteiger partial charge is 0.0623 e. The highest BCUT2D eigenvalue weighted by Crippen LogP contribution is 2.21. The highest BCUT2D eigenvalue weighted by Gasteiger charge is 2.15. The van der Waals surface area contributed by atoms with Gasteiger partial charge in [0.15, 0.2) is 0 Å². The van der Waals surface area contributed by atoms with Crippen LogP contribution >= 0.6 is 0 Å². The minimum atomic E-state index is 0.172. The summed E-state index contributed by atoms with van der Waals surface area (Å²) in [6.07, 6.45) is 8.87. The lowest BCUT2D eigenvalue weighted by Gasteiger charge is -2.17. The number of nitrogens with zero attached hydrogens (tertiary/aromatic N) is 3. The molecule has 0 aromatic carbocycles. The Kier molecular flexibility index (Phi) is 4.10. The molecule has 0 saturated heterocycles. The molecule has 2 aromatic rings. The van der Waals surface area contributed by atoms with Crippen molar-refractivity contribution >= 4 is 0 Å². The van der Waals surface area contributed by atoms with Crippen LogP contribution in [0.25, 0.3) is 0 Å². The van der Waals surface area contributed by atoms with Gasteiger partial charge in [-0.1, -0.05) is 13.0 Å². The second kappa shape index (κ2) is 5.78. The molecule has 18 heavy (non-hydrogen) atoms. The average molecular weight is 244 g/mol. The normalized spacial score (nSPS) is 12.6. The van der Waals surface area contributed by atoms with Crippen molar-refractivity contribution in [2.45, 2.75) is 26.3 Å². The predicted octanol–water partition coefficient (Wildman–Crippen LogP) is 2.21. The molecule has 0 aliphatic carbocycles. The zero-order chi connectivity index (χ0) is 13.0. The molecule has 1 N–H and O–H groups in total. The summed E-state index contributed by atoms with van der Waals surface area (Å²) in [4.78, 5) is 4.28. The van der Waals surface area contributed by atoms with Crippen molar-refractivity contribution in [2.75, 3.05) is 6.54 Å². The van der Waals surface area contributed by atoms with Gasteiger partial charge < -0.3 is 5.32 Å². The molecule has 4 nitrogen and oxygen atoms in total. The van der Waals surface area contributed by atoms with E-state index in [-0.39, 0.29) is 6.04 Å². The second-order valence-electron chi connectivity index (χ2n) is 4.63. The largest absolute Gasteiger partial charge is 0.306 e. The highest BCUT2D eigenvalue weighted by molar-refractivity contribution is 5.29. The summed E-state index contributed by atoms with van der Waals surface area (Å²) in [6.45, 7) is 5.21. The Morgan fingerprint density at radius 2 is 2.11 bits per heavy atom. The van der Waals surface area contributed by atoms with Gasteiger partial charge in [-0.3, -0.25) is 9.67 Å². The Balaban J connectivity index is 2.30. The van der Waals surface area contributed by atoms with Crippen LogP contribution in [0, 0.1) is 6.92 Å². The van der Waals surface area contributed by atoms with Gasteiger partial charge in [0, 0.05) is 31.2 Å². The second-order valence-corrected chi connectivity index (χ2v) is 4.63. The van der Waals surface area contributed by atoms with E-state index >= 15 is 0 Å². The maximum Gasteiger partial charge on any atom is 0.0623 e. The number of hydrogen-bond donors (Lipinski definition) is 1. The lowest BCUT2D eigenvalue weighted by atomic mass is 10.0. The first-order valence-corrected chi connectivity index (χ1v) is 6.34. The summed E-state index contributed by atoms with van der Waals surface area (Å²) >= 11 is 0. The van der Waals surface area contributed by atoms with Crippen LogP contribution in [0.5, 0.6) is 0 Å². The van der Waals surface area contributed by atoms with Crippen LogP contribution in [-0.4, -0.2) is 21.3 Å². The Labute approximate surface area is 108 Å². The van der Waals surface area contributed by atoms with E-state index in [1.807, 2.05) is 30.3 Å². The molecule has 0 fully saturated rings. The minimum absolute atomic E-state index is 0.172. The van der Waals surface area contributed by atoms with Crippen LogP contribution in [-0.2, 0) is 7.05 Å². The summed E-state index contributed by atoms with van der Waals surface area (Å²) < 4.78 is 1.83. The number of rotatable bonds is 5. The molecule has 0 spiro atoms. The molecule has 2 heterocycles. The molecule has 96 valence electrons. The number of aryl methyl sites for hydroxylation is 2. The van der Waals surface area contributed by atoms with E-state index in [1.165, 1.54) is 16.7 Å². The first-order valence-electron chi connectivity index (χ1n) is 6.34. The molecule has 0 radical (unpaired) electrons. The van der Waals surface area contributed by atoms with Crippen LogP contribution in [0.2, 0.25) is 0 Å². The Morgan fingerprint density at radius 3 is 2.72 bits per heavy atom. The van der Waals surface area contributed by atoms with E-state index < -0.39 is 0 Å². The summed E-state index contributed by atoms with van der Waals surface area (Å²) in [5.41, 5.74) is 3.55. The van der Waals surface area contributed by atoms with Gasteiger partial charge in [-0.05, 0) is 31.0 Å². The number of aromatic nitrogens is 3. The predicted molar refractivity (Wildman–Crippen MR) is 72.3 cm³/mol. The van der Waals surface area contributed by atoms with Crippen molar-refractivity contribution < 1.29 is 0 Å². The molecule has 0 aliphatic rings. The Hall–Kier alpha value is -1.68. The van der Waals surface area contributed by atoms with E-state index in [0.717, 1.165) is 13.0 Å². The molecule has 0 saturated carbocycles. The van der Waals surface area contributed by atoms with Gasteiger partial charge in [0.25, 0.3) is 0 Å². The van der Waals surface area contributed by atoms with E-state index in [9.17, 15) is 0 Å². The lowest BCUT2D eigenvalue weighted by Crippen LogP contribution is -2.23. The fourth-order valence-corrected chi connectivity index (χ4v) is 2.04. The van der Waals surface area contributed by atoms with Crippen LogP contribution in [0.3, 0.4) is 0 Å². The van der Waals surface area contributed by atoms with Crippen molar-refractivity contribution in [3.63, 3.8) is 0 Å². The fourth-order valence-electron chi connectivity index (χ4n) is 2.04. The third-order valence-electron chi connectivity index (χ3n) is 2.89. The van der Waals surface area contributed by atoms with E-state index in [1.54, 1.807) is 0 Å². The first kappa shape index (κ1) is 12.8. The Morgan fingerprint density at radius 1 is 1.28 bits per heavy atom. The molecular formula is C14H20N4. The minimum Gasteiger partial charge on any atom is -0.306 e. The molecule has 0 bridgehead atoms. The maximum absolute atomic E-state index is 4.28. The monoisotopic (exact) mass is 244 g/mol. The molecule has 2 aromatic heterocycles. The molecule has 0 aliphatic heterocycles. The summed E-state index contributed by atoms with van der Waals surface area (Å²) in [5.74, 6) is 0. The highest BCUT2D eigenvalue weighted by atomic mass is 15.2. The van der Waals surface area contributed by atoms with Gasteiger partial charge in [0.1, 0.15) is 0 Å². The van der Waals surface area contributed by atoms with Gasteiger partial charge in [-0.25, -0.2) is 0 Å². The average Bonchev–Trinajstić information content (AvgIpc) is 2.76. The summed E-state index contributed by atoms with van der Waals surface area (Å²) in [6, 6.07) is 2.35. The topological polar surface area (TPSA) is 42.7 Å². The van der Waals surface area contributed by atoms with E-state index in [0.29, 0.717) is 0 Å². The number of hydrogen-bond acceptors (Lipinski definition) is 3. The van der Waals surface area contributed by atoms with Crippen molar-refractivity contribution in [3.8, 4) is 0 Å². The third kappa shape index (κ3) is 2.96. The zero-order valence-electron chi connectivity index (χ0n) is 11.2. The van der Waals surface area contributed by atoms with Crippen molar-refractivity contribution in [1.29, 1.82) is 0 Å². The van der Waals surface area contributed by atoms with Crippen molar-refractivity contribution in [2.24, 2.45) is 7.05 Å². The summed E-state index contributed by atoms with van der Waals surface area (Å²) in [5, 5.41) is 7.80. The van der Waals surface area contributed by atoms with E-state index in [2.05, 4.69) is 41.5 Å². The molecule has 1 unspecified atom stereocenters. The molecule has 4 heteroatoms. The Bertz CT molecular complexity index is 504. The quantitative estimate of drug-likeness (QED) is 0.877. The standard InChI is InChI=1S/C14H20N4/c1-4-5-16-14(13-9-17-18(3)10-13)12-6-11(2)7-15-8-12/h6-10,14,16H,4-5H2,1-3H3. The van der Waals surface area contributed by atoms with Crippen molar-refractivity contribution in [1.82, 2.24) is 20.1 Å². The molecular weight excluding hydrogens is 224 g/mol. The lowest BCUT2D eigenvalue weighted by molar-refractivity contribution is 0.596. The van der Waals surface area contributed by atoms with Crippen LogP contribution in [0.15, 0.2) is 30.9 Å². The number of nitrogens with one attached hydrogen (secondary N) is 1. The van der Waals surface area contributed by atoms with Gasteiger partial charge in [0.2, 0.25) is 0 Å². The molecule has 1 atom stereocenters. The van der Waals surface area contributed by atoms with Gasteiger partial charge >= 0.3 is 0 Å². The van der Waals surface area contributed by atoms with Crippen LogP contribution < -0.4 is 5.32 Å². The third-order valence-corrected chi connectivity index (χ3v) is 2.89. The van der Waals surface area contributed by atoms with Gasteiger partial charge in [-0.15, -0.1) is 0 Å². The van der Waals surface area contributed by atoms with E-state index in [4.69, 9.17) is 0 Å². The zero-order valence-corrected chi connectivity index (χ0v) is 11.2. The van der Waals surface area contributed by atoms with Crippen molar-refractivity contribution in [3.05, 3.63) is 47.5 Å². The SMILES string of the molecule is CCCNC(c1cncc(C)c1)c1cnn(C)c1. The number of pyridine rings is 1. The summed E-state index contributed by atoms with van der Waals surface area (Å²) in [7, 11) is 1.94.